The zero-order valence-electron chi connectivity index (χ0n) is 10.5. The van der Waals surface area contributed by atoms with Crippen LogP contribution >= 0.6 is 27.3 Å². The molecule has 2 aromatic rings. The summed E-state index contributed by atoms with van der Waals surface area (Å²) >= 11 is 4.45. The van der Waals surface area contributed by atoms with E-state index < -0.39 is 11.9 Å². The van der Waals surface area contributed by atoms with Gasteiger partial charge in [0.05, 0.1) is 5.56 Å². The minimum atomic E-state index is -1.06. The van der Waals surface area contributed by atoms with E-state index in [-0.39, 0.29) is 11.3 Å². The monoisotopic (exact) mass is 354 g/mol. The molecule has 5 nitrogen and oxygen atoms in total. The molecule has 1 amide bonds. The molecule has 2 N–H and O–H groups in total. The lowest BCUT2D eigenvalue weighted by Crippen LogP contribution is -2.14. The van der Waals surface area contributed by atoms with Crippen LogP contribution in [0.1, 0.15) is 32.6 Å². The number of carbonyl (C=O) groups is 2. The minimum absolute atomic E-state index is 0.107. The Morgan fingerprint density at radius 1 is 1.45 bits per heavy atom. The molecule has 0 radical (unpaired) electrons. The van der Waals surface area contributed by atoms with E-state index in [1.807, 2.05) is 6.92 Å². The van der Waals surface area contributed by atoms with Gasteiger partial charge in [-0.05, 0) is 40.5 Å². The Morgan fingerprint density at radius 3 is 2.80 bits per heavy atom. The average molecular weight is 355 g/mol. The summed E-state index contributed by atoms with van der Waals surface area (Å²) in [5.41, 5.74) is 0.331. The van der Waals surface area contributed by atoms with Gasteiger partial charge in [0, 0.05) is 4.88 Å². The second-order valence-corrected chi connectivity index (χ2v) is 5.86. The smallest absolute Gasteiger partial charge is 0.338 e. The number of hydrogen-bond donors (Lipinski definition) is 2. The van der Waals surface area contributed by atoms with E-state index in [0.29, 0.717) is 9.60 Å². The summed E-state index contributed by atoms with van der Waals surface area (Å²) in [5, 5.41) is 12.1. The molecule has 0 bridgehead atoms. The number of carboxylic acids is 1. The van der Waals surface area contributed by atoms with Gasteiger partial charge < -0.3 is 10.4 Å². The fourth-order valence-electron chi connectivity index (χ4n) is 1.57. The molecule has 0 saturated heterocycles. The number of thiophene rings is 1. The number of carbonyl (C=O) groups excluding carboxylic acids is 1. The van der Waals surface area contributed by atoms with Gasteiger partial charge in [0.2, 0.25) is 0 Å². The standard InChI is InChI=1S/C13H11BrN2O3S/c1-2-7-6-8(13(18)19)12(20-7)16-11(17)9-4-3-5-10(14)15-9/h3-6H,2H2,1H3,(H,16,17)(H,18,19). The van der Waals surface area contributed by atoms with E-state index in [1.54, 1.807) is 24.3 Å². The third-order valence-corrected chi connectivity index (χ3v) is 4.17. The van der Waals surface area contributed by atoms with Crippen molar-refractivity contribution >= 4 is 44.1 Å². The molecular formula is C13H11BrN2O3S. The molecule has 2 heterocycles. The van der Waals surface area contributed by atoms with E-state index >= 15 is 0 Å². The number of pyridine rings is 1. The number of aromatic carboxylic acids is 1. The summed E-state index contributed by atoms with van der Waals surface area (Å²) in [6.45, 7) is 1.93. The summed E-state index contributed by atoms with van der Waals surface area (Å²) in [4.78, 5) is 28.1. The van der Waals surface area contributed by atoms with E-state index in [4.69, 9.17) is 5.11 Å². The molecule has 2 rings (SSSR count). The Labute approximate surface area is 127 Å². The number of nitrogens with zero attached hydrogens (tertiary/aromatic N) is 1. The molecule has 0 saturated carbocycles. The Morgan fingerprint density at radius 2 is 2.20 bits per heavy atom. The maximum Gasteiger partial charge on any atom is 0.338 e. The first-order chi connectivity index (χ1) is 9.51. The lowest BCUT2D eigenvalue weighted by Gasteiger charge is -2.03. The van der Waals surface area contributed by atoms with Crippen molar-refractivity contribution in [2.75, 3.05) is 5.32 Å². The molecule has 0 aliphatic rings. The Hall–Kier alpha value is -1.73. The Kier molecular flexibility index (Phi) is 4.51. The second kappa shape index (κ2) is 6.15. The fraction of sp³-hybridized carbons (Fsp3) is 0.154. The lowest BCUT2D eigenvalue weighted by atomic mass is 10.2. The molecule has 104 valence electrons. The molecule has 20 heavy (non-hydrogen) atoms. The molecule has 0 spiro atoms. The van der Waals surface area contributed by atoms with Gasteiger partial charge in [0.1, 0.15) is 15.3 Å². The van der Waals surface area contributed by atoms with Crippen molar-refractivity contribution in [2.24, 2.45) is 0 Å². The molecule has 7 heteroatoms. The first kappa shape index (κ1) is 14.7. The van der Waals surface area contributed by atoms with Crippen molar-refractivity contribution in [3.63, 3.8) is 0 Å². The molecule has 2 aromatic heterocycles. The van der Waals surface area contributed by atoms with Crippen LogP contribution in [0.2, 0.25) is 0 Å². The van der Waals surface area contributed by atoms with Crippen molar-refractivity contribution in [3.05, 3.63) is 45.0 Å². The van der Waals surface area contributed by atoms with Crippen LogP contribution in [0.5, 0.6) is 0 Å². The zero-order chi connectivity index (χ0) is 14.7. The lowest BCUT2D eigenvalue weighted by molar-refractivity contribution is 0.0698. The molecular weight excluding hydrogens is 344 g/mol. The first-order valence-electron chi connectivity index (χ1n) is 5.81. The van der Waals surface area contributed by atoms with Gasteiger partial charge in [-0.2, -0.15) is 0 Å². The summed E-state index contributed by atoms with van der Waals surface area (Å²) in [6, 6.07) is 6.54. The predicted octanol–water partition coefficient (Wildman–Crippen LogP) is 3.42. The number of anilines is 1. The SMILES string of the molecule is CCc1cc(C(=O)O)c(NC(=O)c2cccc(Br)n2)s1. The van der Waals surface area contributed by atoms with E-state index in [0.717, 1.165) is 11.3 Å². The van der Waals surface area contributed by atoms with Gasteiger partial charge in [-0.15, -0.1) is 11.3 Å². The van der Waals surface area contributed by atoms with Crippen LogP contribution in [-0.2, 0) is 6.42 Å². The van der Waals surface area contributed by atoms with Crippen LogP contribution in [0.4, 0.5) is 5.00 Å². The molecule has 0 aromatic carbocycles. The summed E-state index contributed by atoms with van der Waals surface area (Å²) in [7, 11) is 0. The number of aromatic nitrogens is 1. The number of nitrogens with one attached hydrogen (secondary N) is 1. The normalized spacial score (nSPS) is 10.3. The van der Waals surface area contributed by atoms with Gasteiger partial charge in [-0.3, -0.25) is 4.79 Å². The Bertz CT molecular complexity index is 669. The van der Waals surface area contributed by atoms with Crippen LogP contribution in [0.3, 0.4) is 0 Å². The number of hydrogen-bond acceptors (Lipinski definition) is 4. The van der Waals surface area contributed by atoms with E-state index in [9.17, 15) is 9.59 Å². The Balaban J connectivity index is 2.27. The van der Waals surface area contributed by atoms with Gasteiger partial charge in [0.15, 0.2) is 0 Å². The predicted molar refractivity (Wildman–Crippen MR) is 80.5 cm³/mol. The number of aryl methyl sites for hydroxylation is 1. The van der Waals surface area contributed by atoms with Crippen LogP contribution < -0.4 is 5.32 Å². The van der Waals surface area contributed by atoms with Crippen LogP contribution in [0.25, 0.3) is 0 Å². The minimum Gasteiger partial charge on any atom is -0.478 e. The third-order valence-electron chi connectivity index (χ3n) is 2.54. The third kappa shape index (κ3) is 3.23. The average Bonchev–Trinajstić information content (AvgIpc) is 2.82. The van der Waals surface area contributed by atoms with Gasteiger partial charge in [-0.1, -0.05) is 13.0 Å². The van der Waals surface area contributed by atoms with Crippen molar-refractivity contribution in [2.45, 2.75) is 13.3 Å². The molecule has 0 unspecified atom stereocenters. The number of carboxylic acid groups (broad SMARTS) is 1. The van der Waals surface area contributed by atoms with Gasteiger partial charge >= 0.3 is 5.97 Å². The maximum atomic E-state index is 12.1. The van der Waals surface area contributed by atoms with Crippen molar-refractivity contribution in [1.82, 2.24) is 4.98 Å². The first-order valence-corrected chi connectivity index (χ1v) is 7.42. The zero-order valence-corrected chi connectivity index (χ0v) is 12.9. The van der Waals surface area contributed by atoms with Crippen molar-refractivity contribution in [1.29, 1.82) is 0 Å². The fourth-order valence-corrected chi connectivity index (χ4v) is 2.90. The summed E-state index contributed by atoms with van der Waals surface area (Å²) in [6.07, 6.45) is 0.718. The van der Waals surface area contributed by atoms with Crippen LogP contribution in [0, 0.1) is 0 Å². The second-order valence-electron chi connectivity index (χ2n) is 3.91. The molecule has 0 fully saturated rings. The van der Waals surface area contributed by atoms with E-state index in [2.05, 4.69) is 26.2 Å². The van der Waals surface area contributed by atoms with Crippen molar-refractivity contribution < 1.29 is 14.7 Å². The number of amides is 1. The molecule has 0 aliphatic heterocycles. The van der Waals surface area contributed by atoms with Crippen molar-refractivity contribution in [3.8, 4) is 0 Å². The van der Waals surface area contributed by atoms with Crippen LogP contribution in [0.15, 0.2) is 28.9 Å². The van der Waals surface area contributed by atoms with Gasteiger partial charge in [-0.25, -0.2) is 9.78 Å². The number of halogens is 1. The quantitative estimate of drug-likeness (QED) is 0.824. The molecule has 0 atom stereocenters. The maximum absolute atomic E-state index is 12.1. The largest absolute Gasteiger partial charge is 0.478 e. The summed E-state index contributed by atoms with van der Waals surface area (Å²) in [5.74, 6) is -1.49. The molecule has 0 aliphatic carbocycles. The summed E-state index contributed by atoms with van der Waals surface area (Å²) < 4.78 is 0.545. The van der Waals surface area contributed by atoms with E-state index in [1.165, 1.54) is 11.3 Å². The highest BCUT2D eigenvalue weighted by atomic mass is 79.9. The highest BCUT2D eigenvalue weighted by Gasteiger charge is 2.18. The van der Waals surface area contributed by atoms with Crippen LogP contribution in [-0.4, -0.2) is 22.0 Å². The van der Waals surface area contributed by atoms with Gasteiger partial charge in [0.25, 0.3) is 5.91 Å². The topological polar surface area (TPSA) is 79.3 Å². The number of rotatable bonds is 4. The highest BCUT2D eigenvalue weighted by molar-refractivity contribution is 9.10. The highest BCUT2D eigenvalue weighted by Crippen LogP contribution is 2.29.